The van der Waals surface area contributed by atoms with Crippen LogP contribution in [0.15, 0.2) is 23.8 Å². The first-order valence-corrected chi connectivity index (χ1v) is 10.1. The lowest BCUT2D eigenvalue weighted by Crippen LogP contribution is -2.49. The molecule has 1 unspecified atom stereocenters. The summed E-state index contributed by atoms with van der Waals surface area (Å²) < 4.78 is 0. The smallest absolute Gasteiger partial charge is 0.223 e. The van der Waals surface area contributed by atoms with Crippen LogP contribution in [-0.2, 0) is 9.59 Å². The van der Waals surface area contributed by atoms with Gasteiger partial charge < -0.3 is 10.0 Å². The van der Waals surface area contributed by atoms with Crippen LogP contribution in [-0.4, -0.2) is 41.9 Å². The van der Waals surface area contributed by atoms with E-state index in [-0.39, 0.29) is 34.5 Å². The maximum Gasteiger partial charge on any atom is 0.223 e. The molecule has 2 fully saturated rings. The van der Waals surface area contributed by atoms with Gasteiger partial charge in [-0.1, -0.05) is 24.6 Å². The van der Waals surface area contributed by atoms with Crippen molar-refractivity contribution in [3.63, 3.8) is 0 Å². The molecule has 0 spiro atoms. The molecule has 2 saturated carbocycles. The molecule has 0 aromatic rings. The van der Waals surface area contributed by atoms with Gasteiger partial charge in [0.05, 0.1) is 6.10 Å². The molecule has 6 atom stereocenters. The van der Waals surface area contributed by atoms with Crippen molar-refractivity contribution in [2.45, 2.75) is 58.0 Å². The number of aliphatic hydroxyl groups is 1. The second-order valence-corrected chi connectivity index (χ2v) is 9.46. The van der Waals surface area contributed by atoms with Crippen molar-refractivity contribution >= 4 is 11.7 Å². The van der Waals surface area contributed by atoms with Gasteiger partial charge in [-0.15, -0.1) is 0 Å². The van der Waals surface area contributed by atoms with Crippen LogP contribution >= 0.6 is 0 Å². The van der Waals surface area contributed by atoms with Crippen LogP contribution in [0.4, 0.5) is 0 Å². The van der Waals surface area contributed by atoms with Crippen molar-refractivity contribution in [1.29, 1.82) is 0 Å². The second-order valence-electron chi connectivity index (χ2n) is 9.46. The number of hydrogen-bond acceptors (Lipinski definition) is 3. The van der Waals surface area contributed by atoms with Gasteiger partial charge in [-0.2, -0.15) is 0 Å². The molecule has 0 aromatic carbocycles. The maximum atomic E-state index is 12.7. The molecule has 26 heavy (non-hydrogen) atoms. The van der Waals surface area contributed by atoms with Crippen molar-refractivity contribution in [2.75, 3.05) is 14.1 Å². The Morgan fingerprint density at radius 1 is 1.27 bits per heavy atom. The minimum atomic E-state index is -0.299. The third-order valence-electron chi connectivity index (χ3n) is 8.06. The standard InChI is InChI=1S/C22H31NO3/c1-21-10-9-18-16(17(21)6-7-19(21)25)5-4-14-12-15(24)8-11-22(14,18)13-20(26)23(2)3/h8-9,11,14,16-17,19,25H,4-7,10,12-13H2,1-3H3/t14?,16-,17-,19-,21-,22+/m0/s1. The van der Waals surface area contributed by atoms with E-state index in [2.05, 4.69) is 19.1 Å². The van der Waals surface area contributed by atoms with Crippen LogP contribution < -0.4 is 0 Å². The second kappa shape index (κ2) is 6.05. The fourth-order valence-electron chi connectivity index (χ4n) is 6.44. The summed E-state index contributed by atoms with van der Waals surface area (Å²) in [5, 5.41) is 10.6. The SMILES string of the molecule is CN(C)C(=O)C[C@]12C=CC(=O)CC1CC[C@@H]1C2=CC[C@]2(C)[C@@H](O)CC[C@@H]12. The number of carbonyl (C=O) groups is 2. The van der Waals surface area contributed by atoms with E-state index in [0.29, 0.717) is 24.7 Å². The Hall–Kier alpha value is -1.42. The third kappa shape index (κ3) is 2.45. The lowest BCUT2D eigenvalue weighted by molar-refractivity contribution is -0.132. The van der Waals surface area contributed by atoms with E-state index >= 15 is 0 Å². The zero-order valence-corrected chi connectivity index (χ0v) is 16.2. The summed E-state index contributed by atoms with van der Waals surface area (Å²) in [7, 11) is 3.62. The highest BCUT2D eigenvalue weighted by Gasteiger charge is 2.58. The predicted molar refractivity (Wildman–Crippen MR) is 100 cm³/mol. The predicted octanol–water partition coefficient (Wildman–Crippen LogP) is 3.11. The number of hydrogen-bond donors (Lipinski definition) is 1. The molecule has 4 nitrogen and oxygen atoms in total. The summed E-state index contributed by atoms with van der Waals surface area (Å²) >= 11 is 0. The van der Waals surface area contributed by atoms with Gasteiger partial charge in [0.1, 0.15) is 0 Å². The van der Waals surface area contributed by atoms with Gasteiger partial charge in [0, 0.05) is 37.8 Å². The van der Waals surface area contributed by atoms with E-state index in [1.165, 1.54) is 5.57 Å². The van der Waals surface area contributed by atoms with Crippen LogP contribution in [0.1, 0.15) is 51.9 Å². The Morgan fingerprint density at radius 3 is 2.77 bits per heavy atom. The number of allylic oxidation sites excluding steroid dienone is 4. The summed E-state index contributed by atoms with van der Waals surface area (Å²) in [5.41, 5.74) is 1.07. The van der Waals surface area contributed by atoms with E-state index in [1.807, 2.05) is 14.1 Å². The van der Waals surface area contributed by atoms with Gasteiger partial charge in [-0.3, -0.25) is 9.59 Å². The van der Waals surface area contributed by atoms with E-state index in [1.54, 1.807) is 11.0 Å². The quantitative estimate of drug-likeness (QED) is 0.773. The molecule has 0 aliphatic heterocycles. The first kappa shape index (κ1) is 18.0. The summed E-state index contributed by atoms with van der Waals surface area (Å²) in [6.07, 6.45) is 11.9. The van der Waals surface area contributed by atoms with Crippen LogP contribution in [0.2, 0.25) is 0 Å². The lowest BCUT2D eigenvalue weighted by atomic mass is 9.49. The number of nitrogens with zero attached hydrogens (tertiary/aromatic N) is 1. The molecule has 0 aromatic heterocycles. The normalized spacial score (nSPS) is 44.0. The maximum absolute atomic E-state index is 12.7. The van der Waals surface area contributed by atoms with Crippen LogP contribution in [0.5, 0.6) is 0 Å². The fraction of sp³-hybridized carbons (Fsp3) is 0.727. The Kier molecular flexibility index (Phi) is 4.18. The molecule has 0 radical (unpaired) electrons. The molecule has 0 heterocycles. The average molecular weight is 357 g/mol. The van der Waals surface area contributed by atoms with Gasteiger partial charge in [-0.05, 0) is 55.9 Å². The minimum absolute atomic E-state index is 0.0258. The Balaban J connectivity index is 1.78. The number of aliphatic hydroxyl groups excluding tert-OH is 1. The van der Waals surface area contributed by atoms with Gasteiger partial charge in [0.25, 0.3) is 0 Å². The van der Waals surface area contributed by atoms with Gasteiger partial charge in [0.15, 0.2) is 5.78 Å². The fourth-order valence-corrected chi connectivity index (χ4v) is 6.44. The molecule has 1 N–H and O–H groups in total. The third-order valence-corrected chi connectivity index (χ3v) is 8.06. The summed E-state index contributed by atoms with van der Waals surface area (Å²) in [6, 6.07) is 0. The molecule has 1 amide bonds. The molecular formula is C22H31NO3. The Bertz CT molecular complexity index is 694. The highest BCUT2D eigenvalue weighted by atomic mass is 16.3. The molecule has 0 saturated heterocycles. The van der Waals surface area contributed by atoms with E-state index in [9.17, 15) is 14.7 Å². The number of fused-ring (bicyclic) bond motifs is 5. The number of rotatable bonds is 2. The summed E-state index contributed by atoms with van der Waals surface area (Å²) in [5.74, 6) is 1.50. The van der Waals surface area contributed by atoms with Crippen molar-refractivity contribution in [2.24, 2.45) is 28.6 Å². The van der Waals surface area contributed by atoms with Gasteiger partial charge >= 0.3 is 0 Å². The molecule has 4 aliphatic carbocycles. The first-order chi connectivity index (χ1) is 12.3. The number of carbonyl (C=O) groups excluding carboxylic acids is 2. The molecular weight excluding hydrogens is 326 g/mol. The van der Waals surface area contributed by atoms with Gasteiger partial charge in [-0.25, -0.2) is 0 Å². The summed E-state index contributed by atoms with van der Waals surface area (Å²) in [6.45, 7) is 2.24. The topological polar surface area (TPSA) is 57.6 Å². The lowest BCUT2D eigenvalue weighted by Gasteiger charge is -2.55. The Labute approximate surface area is 156 Å². The van der Waals surface area contributed by atoms with Crippen molar-refractivity contribution in [3.8, 4) is 0 Å². The summed E-state index contributed by atoms with van der Waals surface area (Å²) in [4.78, 5) is 26.5. The molecule has 4 rings (SSSR count). The highest BCUT2D eigenvalue weighted by molar-refractivity contribution is 5.92. The molecule has 4 aliphatic rings. The molecule has 4 heteroatoms. The minimum Gasteiger partial charge on any atom is -0.393 e. The van der Waals surface area contributed by atoms with Crippen LogP contribution in [0.3, 0.4) is 0 Å². The zero-order chi connectivity index (χ0) is 18.7. The van der Waals surface area contributed by atoms with Crippen LogP contribution in [0, 0.1) is 28.6 Å². The Morgan fingerprint density at radius 2 is 2.04 bits per heavy atom. The van der Waals surface area contributed by atoms with Crippen molar-refractivity contribution < 1.29 is 14.7 Å². The molecule has 142 valence electrons. The van der Waals surface area contributed by atoms with E-state index in [4.69, 9.17) is 0 Å². The first-order valence-electron chi connectivity index (χ1n) is 10.1. The highest BCUT2D eigenvalue weighted by Crippen LogP contribution is 2.63. The van der Waals surface area contributed by atoms with Crippen molar-refractivity contribution in [1.82, 2.24) is 4.90 Å². The number of amides is 1. The van der Waals surface area contributed by atoms with Crippen LogP contribution in [0.25, 0.3) is 0 Å². The van der Waals surface area contributed by atoms with E-state index < -0.39 is 0 Å². The van der Waals surface area contributed by atoms with E-state index in [0.717, 1.165) is 32.1 Å². The molecule has 0 bridgehead atoms. The van der Waals surface area contributed by atoms with Gasteiger partial charge in [0.2, 0.25) is 5.91 Å². The largest absolute Gasteiger partial charge is 0.393 e. The zero-order valence-electron chi connectivity index (χ0n) is 16.2. The van der Waals surface area contributed by atoms with Crippen molar-refractivity contribution in [3.05, 3.63) is 23.8 Å². The number of ketones is 1. The average Bonchev–Trinajstić information content (AvgIpc) is 2.90. The monoisotopic (exact) mass is 357 g/mol.